The van der Waals surface area contributed by atoms with E-state index in [1.807, 2.05) is 37.3 Å². The van der Waals surface area contributed by atoms with Gasteiger partial charge in [0.05, 0.1) is 0 Å². The summed E-state index contributed by atoms with van der Waals surface area (Å²) in [5.41, 5.74) is 1.90. The zero-order valence-corrected chi connectivity index (χ0v) is 11.3. The summed E-state index contributed by atoms with van der Waals surface area (Å²) in [4.78, 5) is 23.6. The van der Waals surface area contributed by atoms with Crippen molar-refractivity contribution in [1.82, 2.24) is 0 Å². The second-order valence-corrected chi connectivity index (χ2v) is 4.60. The van der Waals surface area contributed by atoms with Crippen LogP contribution in [0.3, 0.4) is 0 Å². The van der Waals surface area contributed by atoms with Crippen molar-refractivity contribution >= 4 is 28.3 Å². The molecule has 20 heavy (non-hydrogen) atoms. The number of carboxylic acid groups (broad SMARTS) is 1. The molecule has 0 fully saturated rings. The SMILES string of the molecule is Cc1ccc2cc(N(C)C(=O)/C=C/C(=O)O)ccc2c1. The molecule has 0 unspecified atom stereocenters. The van der Waals surface area contributed by atoms with Crippen LogP contribution in [0.15, 0.2) is 48.6 Å². The number of carbonyl (C=O) groups excluding carboxylic acids is 1. The smallest absolute Gasteiger partial charge is 0.328 e. The quantitative estimate of drug-likeness (QED) is 0.872. The van der Waals surface area contributed by atoms with Gasteiger partial charge in [-0.3, -0.25) is 4.79 Å². The predicted molar refractivity (Wildman–Crippen MR) is 78.9 cm³/mol. The van der Waals surface area contributed by atoms with Crippen molar-refractivity contribution in [2.75, 3.05) is 11.9 Å². The normalized spacial score (nSPS) is 10.9. The Balaban J connectivity index is 2.30. The lowest BCUT2D eigenvalue weighted by Crippen LogP contribution is -2.24. The van der Waals surface area contributed by atoms with Crippen LogP contribution in [0, 0.1) is 6.92 Å². The van der Waals surface area contributed by atoms with Gasteiger partial charge >= 0.3 is 5.97 Å². The summed E-state index contributed by atoms with van der Waals surface area (Å²) in [6.45, 7) is 2.03. The van der Waals surface area contributed by atoms with Crippen molar-refractivity contribution in [1.29, 1.82) is 0 Å². The molecule has 0 saturated heterocycles. The molecule has 0 radical (unpaired) electrons. The maximum Gasteiger partial charge on any atom is 0.328 e. The highest BCUT2D eigenvalue weighted by Gasteiger charge is 2.08. The topological polar surface area (TPSA) is 57.6 Å². The summed E-state index contributed by atoms with van der Waals surface area (Å²) in [5, 5.41) is 10.7. The van der Waals surface area contributed by atoms with E-state index in [9.17, 15) is 9.59 Å². The third-order valence-corrected chi connectivity index (χ3v) is 3.07. The largest absolute Gasteiger partial charge is 0.478 e. The lowest BCUT2D eigenvalue weighted by Gasteiger charge is -2.16. The van der Waals surface area contributed by atoms with Gasteiger partial charge in [0.25, 0.3) is 5.91 Å². The fourth-order valence-electron chi connectivity index (χ4n) is 1.94. The van der Waals surface area contributed by atoms with Crippen molar-refractivity contribution in [2.24, 2.45) is 0 Å². The Morgan fingerprint density at radius 2 is 1.70 bits per heavy atom. The predicted octanol–water partition coefficient (Wildman–Crippen LogP) is 2.75. The van der Waals surface area contributed by atoms with Crippen LogP contribution in [0.1, 0.15) is 5.56 Å². The first-order valence-electron chi connectivity index (χ1n) is 6.16. The van der Waals surface area contributed by atoms with E-state index in [1.165, 1.54) is 10.5 Å². The molecule has 0 saturated carbocycles. The number of hydrogen-bond donors (Lipinski definition) is 1. The third kappa shape index (κ3) is 3.03. The minimum Gasteiger partial charge on any atom is -0.478 e. The Bertz CT molecular complexity index is 704. The summed E-state index contributed by atoms with van der Waals surface area (Å²) in [6.07, 6.45) is 1.88. The van der Waals surface area contributed by atoms with Gasteiger partial charge < -0.3 is 10.0 Å². The van der Waals surface area contributed by atoms with Crippen LogP contribution in [-0.4, -0.2) is 24.0 Å². The zero-order chi connectivity index (χ0) is 14.7. The summed E-state index contributed by atoms with van der Waals surface area (Å²) >= 11 is 0. The second kappa shape index (κ2) is 5.57. The number of aliphatic carboxylic acids is 1. The van der Waals surface area contributed by atoms with Gasteiger partial charge in [-0.1, -0.05) is 29.8 Å². The number of nitrogens with zero attached hydrogens (tertiary/aromatic N) is 1. The fourth-order valence-corrected chi connectivity index (χ4v) is 1.94. The van der Waals surface area contributed by atoms with Gasteiger partial charge in [-0.15, -0.1) is 0 Å². The summed E-state index contributed by atoms with van der Waals surface area (Å²) < 4.78 is 0. The van der Waals surface area contributed by atoms with Crippen molar-refractivity contribution in [2.45, 2.75) is 6.92 Å². The van der Waals surface area contributed by atoms with Crippen LogP contribution < -0.4 is 4.90 Å². The van der Waals surface area contributed by atoms with Gasteiger partial charge in [0.2, 0.25) is 0 Å². The summed E-state index contributed by atoms with van der Waals surface area (Å²) in [7, 11) is 1.61. The number of likely N-dealkylation sites (N-methyl/N-ethyl adjacent to an activating group) is 1. The van der Waals surface area contributed by atoms with Gasteiger partial charge in [0.1, 0.15) is 0 Å². The van der Waals surface area contributed by atoms with E-state index in [-0.39, 0.29) is 5.91 Å². The van der Waals surface area contributed by atoms with E-state index < -0.39 is 5.97 Å². The third-order valence-electron chi connectivity index (χ3n) is 3.07. The number of fused-ring (bicyclic) bond motifs is 1. The summed E-state index contributed by atoms with van der Waals surface area (Å²) in [5.74, 6) is -1.51. The molecule has 1 N–H and O–H groups in total. The number of carbonyl (C=O) groups is 2. The van der Waals surface area contributed by atoms with Crippen molar-refractivity contribution in [3.05, 3.63) is 54.1 Å². The highest BCUT2D eigenvalue weighted by atomic mass is 16.4. The van der Waals surface area contributed by atoms with Gasteiger partial charge in [-0.05, 0) is 29.8 Å². The van der Waals surface area contributed by atoms with Crippen LogP contribution in [-0.2, 0) is 9.59 Å². The Morgan fingerprint density at radius 3 is 2.40 bits per heavy atom. The van der Waals surface area contributed by atoms with Crippen LogP contribution in [0.4, 0.5) is 5.69 Å². The molecule has 2 aromatic rings. The molecule has 0 bridgehead atoms. The molecule has 0 aromatic heterocycles. The molecule has 102 valence electrons. The second-order valence-electron chi connectivity index (χ2n) is 4.60. The summed E-state index contributed by atoms with van der Waals surface area (Å²) in [6, 6.07) is 11.8. The molecular weight excluding hydrogens is 254 g/mol. The molecule has 0 aliphatic carbocycles. The molecule has 0 aliphatic rings. The van der Waals surface area contributed by atoms with Crippen LogP contribution in [0.5, 0.6) is 0 Å². The monoisotopic (exact) mass is 269 g/mol. The molecule has 2 aromatic carbocycles. The molecule has 0 atom stereocenters. The Hall–Kier alpha value is -2.62. The first kappa shape index (κ1) is 13.8. The molecule has 4 nitrogen and oxygen atoms in total. The van der Waals surface area contributed by atoms with Gasteiger partial charge in [-0.25, -0.2) is 4.79 Å². The maximum absolute atomic E-state index is 11.8. The number of benzene rings is 2. The van der Waals surface area contributed by atoms with E-state index >= 15 is 0 Å². The lowest BCUT2D eigenvalue weighted by atomic mass is 10.1. The van der Waals surface area contributed by atoms with Crippen LogP contribution in [0.25, 0.3) is 10.8 Å². The molecule has 2 rings (SSSR count). The Labute approximate surface area is 116 Å². The number of anilines is 1. The van der Waals surface area contributed by atoms with Gasteiger partial charge in [0.15, 0.2) is 0 Å². The average molecular weight is 269 g/mol. The maximum atomic E-state index is 11.8. The minimum absolute atomic E-state index is 0.376. The van der Waals surface area contributed by atoms with Gasteiger partial charge in [0, 0.05) is 24.9 Å². The van der Waals surface area contributed by atoms with Crippen molar-refractivity contribution < 1.29 is 14.7 Å². The fraction of sp³-hybridized carbons (Fsp3) is 0.125. The van der Waals surface area contributed by atoms with Crippen LogP contribution >= 0.6 is 0 Å². The highest BCUT2D eigenvalue weighted by molar-refractivity contribution is 6.04. The molecule has 0 aliphatic heterocycles. The molecular formula is C16H15NO3. The molecule has 1 amide bonds. The molecule has 0 heterocycles. The standard InChI is InChI=1S/C16H15NO3/c1-11-3-4-13-10-14(6-5-12(13)9-11)17(2)15(18)7-8-16(19)20/h3-10H,1-2H3,(H,19,20)/b8-7+. The molecule has 0 spiro atoms. The lowest BCUT2D eigenvalue weighted by molar-refractivity contribution is -0.131. The molecule has 4 heteroatoms. The Kier molecular flexibility index (Phi) is 3.84. The van der Waals surface area contributed by atoms with Crippen molar-refractivity contribution in [3.8, 4) is 0 Å². The number of amides is 1. The van der Waals surface area contributed by atoms with E-state index in [0.29, 0.717) is 0 Å². The van der Waals surface area contributed by atoms with E-state index in [4.69, 9.17) is 5.11 Å². The minimum atomic E-state index is -1.14. The number of carboxylic acids is 1. The Morgan fingerprint density at radius 1 is 1.05 bits per heavy atom. The first-order valence-corrected chi connectivity index (χ1v) is 6.16. The highest BCUT2D eigenvalue weighted by Crippen LogP contribution is 2.22. The first-order chi connectivity index (χ1) is 9.47. The van der Waals surface area contributed by atoms with Gasteiger partial charge in [-0.2, -0.15) is 0 Å². The number of rotatable bonds is 3. The van der Waals surface area contributed by atoms with Crippen molar-refractivity contribution in [3.63, 3.8) is 0 Å². The van der Waals surface area contributed by atoms with Crippen LogP contribution in [0.2, 0.25) is 0 Å². The average Bonchev–Trinajstić information content (AvgIpc) is 2.43. The van der Waals surface area contributed by atoms with E-state index in [0.717, 1.165) is 28.6 Å². The number of aryl methyl sites for hydroxylation is 1. The number of hydrogen-bond acceptors (Lipinski definition) is 2. The zero-order valence-electron chi connectivity index (χ0n) is 11.3. The van der Waals surface area contributed by atoms with E-state index in [1.54, 1.807) is 7.05 Å². The van der Waals surface area contributed by atoms with E-state index in [2.05, 4.69) is 6.07 Å².